The van der Waals surface area contributed by atoms with Crippen LogP contribution in [0.4, 0.5) is 9.52 Å². The Balaban J connectivity index is 1.77. The average Bonchev–Trinajstić information content (AvgIpc) is 3.17. The molecule has 1 heterocycles. The number of rotatable bonds is 5. The van der Waals surface area contributed by atoms with Crippen molar-refractivity contribution in [2.24, 2.45) is 5.10 Å². The van der Waals surface area contributed by atoms with E-state index in [-0.39, 0.29) is 11.7 Å². The molecule has 0 saturated carbocycles. The number of thiazole rings is 1. The van der Waals surface area contributed by atoms with E-state index in [9.17, 15) is 9.18 Å². The summed E-state index contributed by atoms with van der Waals surface area (Å²) < 4.78 is 19.4. The van der Waals surface area contributed by atoms with Crippen molar-refractivity contribution in [3.8, 4) is 5.75 Å². The van der Waals surface area contributed by atoms with Gasteiger partial charge in [-0.3, -0.25) is 4.79 Å². The molecule has 144 valence electrons. The minimum absolute atomic E-state index is 0.352. The molecule has 0 spiro atoms. The van der Waals surface area contributed by atoms with Crippen LogP contribution in [0.25, 0.3) is 10.2 Å². The number of ether oxygens (including phenoxy) is 1. The molecule has 7 heteroatoms. The van der Waals surface area contributed by atoms with Crippen molar-refractivity contribution in [1.29, 1.82) is 0 Å². The van der Waals surface area contributed by atoms with E-state index in [0.29, 0.717) is 26.7 Å². The minimum Gasteiger partial charge on any atom is -0.497 e. The number of methoxy groups -OCH3 is 1. The van der Waals surface area contributed by atoms with Crippen LogP contribution < -0.4 is 9.75 Å². The highest BCUT2D eigenvalue weighted by molar-refractivity contribution is 7.22. The van der Waals surface area contributed by atoms with Crippen molar-refractivity contribution in [3.63, 3.8) is 0 Å². The Morgan fingerprint density at radius 2 is 1.93 bits per heavy atom. The zero-order valence-corrected chi connectivity index (χ0v) is 16.3. The first-order valence-corrected chi connectivity index (χ1v) is 9.59. The Morgan fingerprint density at radius 3 is 2.72 bits per heavy atom. The van der Waals surface area contributed by atoms with Crippen LogP contribution in [0.2, 0.25) is 0 Å². The summed E-state index contributed by atoms with van der Waals surface area (Å²) in [5.41, 5.74) is 1.84. The van der Waals surface area contributed by atoms with Crippen molar-refractivity contribution in [2.45, 2.75) is 0 Å². The van der Waals surface area contributed by atoms with Gasteiger partial charge >= 0.3 is 0 Å². The number of aromatic nitrogens is 1. The number of halogens is 1. The van der Waals surface area contributed by atoms with E-state index in [4.69, 9.17) is 4.74 Å². The molecule has 0 aliphatic heterocycles. The van der Waals surface area contributed by atoms with Gasteiger partial charge in [-0.25, -0.2) is 9.37 Å². The molecule has 0 unspecified atom stereocenters. The van der Waals surface area contributed by atoms with Crippen molar-refractivity contribution in [1.82, 2.24) is 4.98 Å². The van der Waals surface area contributed by atoms with Gasteiger partial charge in [0.1, 0.15) is 11.6 Å². The van der Waals surface area contributed by atoms with E-state index in [2.05, 4.69) is 10.1 Å². The van der Waals surface area contributed by atoms with Gasteiger partial charge in [-0.15, -0.1) is 0 Å². The number of carbonyl (C=O) groups excluding carboxylic acids is 1. The van der Waals surface area contributed by atoms with Gasteiger partial charge in [0.25, 0.3) is 5.91 Å². The summed E-state index contributed by atoms with van der Waals surface area (Å²) in [5.74, 6) is -0.157. The zero-order valence-electron chi connectivity index (χ0n) is 15.4. The highest BCUT2D eigenvalue weighted by Crippen LogP contribution is 2.31. The molecule has 0 aliphatic rings. The summed E-state index contributed by atoms with van der Waals surface area (Å²) in [7, 11) is 1.54. The fourth-order valence-corrected chi connectivity index (χ4v) is 3.65. The maximum absolute atomic E-state index is 13.6. The van der Waals surface area contributed by atoms with Crippen LogP contribution in [0, 0.1) is 5.82 Å². The van der Waals surface area contributed by atoms with Crippen LogP contribution in [0.5, 0.6) is 5.75 Å². The van der Waals surface area contributed by atoms with Gasteiger partial charge in [0.05, 0.1) is 23.5 Å². The maximum Gasteiger partial charge on any atom is 0.280 e. The Hall–Kier alpha value is -3.58. The Bertz CT molecular complexity index is 1190. The van der Waals surface area contributed by atoms with Gasteiger partial charge in [-0.2, -0.15) is 10.1 Å². The highest BCUT2D eigenvalue weighted by atomic mass is 32.1. The van der Waals surface area contributed by atoms with Gasteiger partial charge in [-0.1, -0.05) is 47.7 Å². The second kappa shape index (κ2) is 8.20. The van der Waals surface area contributed by atoms with Gasteiger partial charge in [0, 0.05) is 5.56 Å². The molecule has 29 heavy (non-hydrogen) atoms. The largest absolute Gasteiger partial charge is 0.497 e. The molecule has 4 aromatic rings. The lowest BCUT2D eigenvalue weighted by Crippen LogP contribution is -2.25. The van der Waals surface area contributed by atoms with Crippen molar-refractivity contribution < 1.29 is 13.9 Å². The van der Waals surface area contributed by atoms with Crippen LogP contribution in [0.15, 0.2) is 77.9 Å². The monoisotopic (exact) mass is 405 g/mol. The van der Waals surface area contributed by atoms with E-state index in [1.54, 1.807) is 36.5 Å². The first kappa shape index (κ1) is 18.8. The summed E-state index contributed by atoms with van der Waals surface area (Å²) in [4.78, 5) is 17.7. The number of hydrogen-bond acceptors (Lipinski definition) is 5. The molecule has 0 radical (unpaired) electrons. The molecular weight excluding hydrogens is 389 g/mol. The summed E-state index contributed by atoms with van der Waals surface area (Å²) in [6, 6.07) is 20.6. The smallest absolute Gasteiger partial charge is 0.280 e. The summed E-state index contributed by atoms with van der Waals surface area (Å²) in [6.45, 7) is 0. The van der Waals surface area contributed by atoms with Crippen LogP contribution >= 0.6 is 11.3 Å². The first-order valence-electron chi connectivity index (χ1n) is 8.78. The van der Waals surface area contributed by atoms with E-state index in [1.165, 1.54) is 35.6 Å². The van der Waals surface area contributed by atoms with Crippen LogP contribution in [-0.2, 0) is 0 Å². The predicted octanol–water partition coefficient (Wildman–Crippen LogP) is 5.12. The predicted molar refractivity (Wildman–Crippen MR) is 113 cm³/mol. The Labute approximate surface area is 170 Å². The first-order chi connectivity index (χ1) is 14.1. The van der Waals surface area contributed by atoms with E-state index in [1.807, 2.05) is 30.3 Å². The zero-order chi connectivity index (χ0) is 20.2. The topological polar surface area (TPSA) is 54.8 Å². The maximum atomic E-state index is 13.6. The van der Waals surface area contributed by atoms with Crippen molar-refractivity contribution in [2.75, 3.05) is 12.1 Å². The van der Waals surface area contributed by atoms with E-state index >= 15 is 0 Å². The third-order valence-corrected chi connectivity index (χ3v) is 5.14. The van der Waals surface area contributed by atoms with Gasteiger partial charge in [-0.05, 0) is 42.0 Å². The van der Waals surface area contributed by atoms with Gasteiger partial charge in [0.15, 0.2) is 0 Å². The average molecular weight is 405 g/mol. The van der Waals surface area contributed by atoms with Crippen molar-refractivity contribution >= 4 is 38.8 Å². The van der Waals surface area contributed by atoms with Crippen LogP contribution in [0.3, 0.4) is 0 Å². The molecule has 1 amide bonds. The normalized spacial score (nSPS) is 11.1. The number of hydrogen-bond donors (Lipinski definition) is 0. The van der Waals surface area contributed by atoms with Gasteiger partial charge in [0.2, 0.25) is 5.13 Å². The number of anilines is 1. The fraction of sp³-hybridized carbons (Fsp3) is 0.0455. The highest BCUT2D eigenvalue weighted by Gasteiger charge is 2.21. The summed E-state index contributed by atoms with van der Waals surface area (Å²) in [6.07, 6.45) is 1.59. The Kier molecular flexibility index (Phi) is 5.31. The molecule has 3 aromatic carbocycles. The SMILES string of the molecule is COc1cccc(C(=O)N(/N=C/c2ccccc2)c2nc3ccc(F)cc3s2)c1. The standard InChI is InChI=1S/C22H16FN3O2S/c1-28-18-9-5-8-16(12-18)21(27)26(24-14-15-6-3-2-4-7-15)22-25-19-11-10-17(23)13-20(19)29-22/h2-14H,1H3/b24-14+. The molecule has 1 aromatic heterocycles. The second-order valence-corrected chi connectivity index (χ2v) is 7.12. The third-order valence-electron chi connectivity index (χ3n) is 4.15. The molecule has 5 nitrogen and oxygen atoms in total. The second-order valence-electron chi connectivity index (χ2n) is 6.11. The number of fused-ring (bicyclic) bond motifs is 1. The number of nitrogens with zero attached hydrogens (tertiary/aromatic N) is 3. The van der Waals surface area contributed by atoms with Crippen LogP contribution in [0.1, 0.15) is 15.9 Å². The third kappa shape index (κ3) is 4.14. The summed E-state index contributed by atoms with van der Waals surface area (Å²) >= 11 is 1.20. The molecule has 0 N–H and O–H groups in total. The van der Waals surface area contributed by atoms with Crippen LogP contribution in [-0.4, -0.2) is 24.2 Å². The lowest BCUT2D eigenvalue weighted by molar-refractivity contribution is 0.0987. The molecular formula is C22H16FN3O2S. The molecule has 0 aliphatic carbocycles. The number of carbonyl (C=O) groups is 1. The molecule has 0 bridgehead atoms. The van der Waals surface area contributed by atoms with Gasteiger partial charge < -0.3 is 4.74 Å². The molecule has 4 rings (SSSR count). The molecule has 0 saturated heterocycles. The lowest BCUT2D eigenvalue weighted by atomic mass is 10.2. The molecule has 0 atom stereocenters. The van der Waals surface area contributed by atoms with E-state index in [0.717, 1.165) is 5.56 Å². The minimum atomic E-state index is -0.365. The number of hydrazone groups is 1. The van der Waals surface area contributed by atoms with E-state index < -0.39 is 0 Å². The van der Waals surface area contributed by atoms with Crippen molar-refractivity contribution in [3.05, 3.63) is 89.7 Å². The number of amides is 1. The lowest BCUT2D eigenvalue weighted by Gasteiger charge is -2.14. The fourth-order valence-electron chi connectivity index (χ4n) is 2.71. The quantitative estimate of drug-likeness (QED) is 0.342. The molecule has 0 fully saturated rings. The number of benzene rings is 3. The Morgan fingerprint density at radius 1 is 1.10 bits per heavy atom. The summed E-state index contributed by atoms with van der Waals surface area (Å²) in [5, 5.41) is 5.96.